The Labute approximate surface area is 207 Å². The van der Waals surface area contributed by atoms with Crippen molar-refractivity contribution in [2.24, 2.45) is 0 Å². The molecule has 0 bridgehead atoms. The van der Waals surface area contributed by atoms with Crippen LogP contribution in [0.1, 0.15) is 46.5 Å². The third kappa shape index (κ3) is 8.25. The van der Waals surface area contributed by atoms with Crippen LogP contribution in [0.5, 0.6) is 0 Å². The number of aliphatic hydroxyl groups is 1. The summed E-state index contributed by atoms with van der Waals surface area (Å²) in [5.74, 6) is -0.654. The Kier molecular flexibility index (Phi) is 10.1. The average Bonchev–Trinajstić information content (AvgIpc) is 3.59. The largest absolute Gasteiger partial charge is 0.459 e. The maximum Gasteiger partial charge on any atom is 0.303 e. The predicted octanol–water partition coefficient (Wildman–Crippen LogP) is 1.98. The number of carbonyl (C=O) groups is 2. The molecular weight excluding hydrogens is 454 g/mol. The lowest BCUT2D eigenvalue weighted by atomic mass is 9.92. The van der Waals surface area contributed by atoms with Crippen LogP contribution in [0.3, 0.4) is 0 Å². The molecule has 9 heteroatoms. The van der Waals surface area contributed by atoms with Crippen LogP contribution in [0.25, 0.3) is 0 Å². The molecule has 3 heterocycles. The molecule has 0 radical (unpaired) electrons. The van der Waals surface area contributed by atoms with Gasteiger partial charge in [0.2, 0.25) is 5.91 Å². The number of aliphatic hydroxyl groups excluding tert-OH is 1. The lowest BCUT2D eigenvalue weighted by molar-refractivity contribution is -0.143. The highest BCUT2D eigenvalue weighted by atomic mass is 16.6. The van der Waals surface area contributed by atoms with Crippen LogP contribution in [0.4, 0.5) is 0 Å². The Morgan fingerprint density at radius 1 is 1.26 bits per heavy atom. The highest BCUT2D eigenvalue weighted by molar-refractivity contribution is 5.87. The van der Waals surface area contributed by atoms with E-state index in [0.717, 1.165) is 31.3 Å². The number of amides is 1. The SMILES string of the molecule is COC[C@H]1O[C@@H](C/C=C(C)/C=C/C2OCC[C@@]3(CO3)[C@@H]2O)CC[C@H]1NC(=O)/C=C\[C@H](C)OC(C)=O. The van der Waals surface area contributed by atoms with Crippen LogP contribution >= 0.6 is 0 Å². The van der Waals surface area contributed by atoms with Gasteiger partial charge in [-0.3, -0.25) is 9.59 Å². The zero-order valence-electron chi connectivity index (χ0n) is 21.1. The van der Waals surface area contributed by atoms with Crippen molar-refractivity contribution in [3.8, 4) is 0 Å². The first-order valence-electron chi connectivity index (χ1n) is 12.3. The molecule has 1 spiro atoms. The molecule has 0 aromatic carbocycles. The zero-order chi connectivity index (χ0) is 25.4. The fourth-order valence-electron chi connectivity index (χ4n) is 4.48. The van der Waals surface area contributed by atoms with Crippen molar-refractivity contribution in [3.05, 3.63) is 36.0 Å². The minimum absolute atomic E-state index is 0.0193. The highest BCUT2D eigenvalue weighted by Crippen LogP contribution is 2.40. The van der Waals surface area contributed by atoms with Gasteiger partial charge in [-0.15, -0.1) is 0 Å². The number of methoxy groups -OCH3 is 1. The Morgan fingerprint density at radius 3 is 2.71 bits per heavy atom. The van der Waals surface area contributed by atoms with E-state index in [-0.39, 0.29) is 30.3 Å². The molecule has 0 saturated carbocycles. The van der Waals surface area contributed by atoms with Crippen LogP contribution in [0, 0.1) is 0 Å². The molecule has 3 aliphatic heterocycles. The summed E-state index contributed by atoms with van der Waals surface area (Å²) < 4.78 is 27.7. The maximum absolute atomic E-state index is 12.3. The number of ether oxygens (including phenoxy) is 5. The molecule has 0 aromatic rings. The van der Waals surface area contributed by atoms with Crippen LogP contribution in [-0.4, -0.2) is 86.1 Å². The summed E-state index contributed by atoms with van der Waals surface area (Å²) in [5.41, 5.74) is 0.658. The lowest BCUT2D eigenvalue weighted by Gasteiger charge is -2.36. The summed E-state index contributed by atoms with van der Waals surface area (Å²) in [6.07, 6.45) is 10.2. The second-order valence-corrected chi connectivity index (χ2v) is 9.54. The Bertz CT molecular complexity index is 818. The molecular formula is C26H39NO8. The number of epoxide rings is 1. The van der Waals surface area contributed by atoms with Crippen molar-refractivity contribution in [2.75, 3.05) is 26.9 Å². The van der Waals surface area contributed by atoms with Crippen LogP contribution in [0.15, 0.2) is 36.0 Å². The van der Waals surface area contributed by atoms with Crippen molar-refractivity contribution >= 4 is 11.9 Å². The summed E-state index contributed by atoms with van der Waals surface area (Å²) in [4.78, 5) is 23.3. The second-order valence-electron chi connectivity index (χ2n) is 9.54. The topological polar surface area (TPSA) is 116 Å². The molecule has 1 amide bonds. The van der Waals surface area contributed by atoms with Crippen LogP contribution in [-0.2, 0) is 33.3 Å². The van der Waals surface area contributed by atoms with Gasteiger partial charge in [-0.25, -0.2) is 0 Å². The third-order valence-electron chi connectivity index (χ3n) is 6.60. The summed E-state index contributed by atoms with van der Waals surface area (Å²) >= 11 is 0. The molecule has 196 valence electrons. The van der Waals surface area contributed by atoms with E-state index < -0.39 is 23.8 Å². The molecule has 0 aliphatic carbocycles. The zero-order valence-corrected chi connectivity index (χ0v) is 21.1. The first kappa shape index (κ1) is 27.5. The standard InChI is InChI=1S/C26H39NO8/c1-17(6-11-22-25(30)26(16-33-26)13-14-32-22)5-8-20-9-10-21(23(35-20)15-31-4)27-24(29)12-7-18(2)34-19(3)28/h5-7,11-12,18,20-23,25,30H,8-10,13-16H2,1-4H3,(H,27,29)/b11-6+,12-7-,17-5+/t18-,20-,21+,22?,23+,25+,26+/m0/s1. The van der Waals surface area contributed by atoms with Crippen molar-refractivity contribution in [2.45, 2.75) is 88.6 Å². The Morgan fingerprint density at radius 2 is 2.03 bits per heavy atom. The molecule has 1 unspecified atom stereocenters. The number of allylic oxidation sites excluding steroid dienone is 2. The van der Waals surface area contributed by atoms with E-state index in [2.05, 4.69) is 11.4 Å². The van der Waals surface area contributed by atoms with E-state index in [9.17, 15) is 14.7 Å². The number of esters is 1. The van der Waals surface area contributed by atoms with Crippen molar-refractivity contribution < 1.29 is 38.4 Å². The minimum atomic E-state index is -0.636. The molecule has 3 saturated heterocycles. The minimum Gasteiger partial charge on any atom is -0.459 e. The van der Waals surface area contributed by atoms with Gasteiger partial charge in [0.1, 0.15) is 30.0 Å². The summed E-state index contributed by atoms with van der Waals surface area (Å²) in [6, 6.07) is -0.167. The van der Waals surface area contributed by atoms with Gasteiger partial charge in [-0.2, -0.15) is 0 Å². The van der Waals surface area contributed by atoms with Crippen LogP contribution < -0.4 is 5.32 Å². The Hall–Kier alpha value is -2.04. The van der Waals surface area contributed by atoms with Gasteiger partial charge < -0.3 is 34.1 Å². The van der Waals surface area contributed by atoms with Crippen molar-refractivity contribution in [1.82, 2.24) is 5.32 Å². The number of hydrogen-bond donors (Lipinski definition) is 2. The van der Waals surface area contributed by atoms with E-state index in [1.54, 1.807) is 20.1 Å². The van der Waals surface area contributed by atoms with E-state index >= 15 is 0 Å². The van der Waals surface area contributed by atoms with E-state index in [4.69, 9.17) is 23.7 Å². The fraction of sp³-hybridized carbons (Fsp3) is 0.692. The molecule has 3 rings (SSSR count). The molecule has 35 heavy (non-hydrogen) atoms. The van der Waals surface area contributed by atoms with Gasteiger partial charge >= 0.3 is 5.97 Å². The van der Waals surface area contributed by atoms with Gasteiger partial charge in [0, 0.05) is 26.5 Å². The normalized spacial score (nSPS) is 34.3. The maximum atomic E-state index is 12.3. The molecule has 9 nitrogen and oxygen atoms in total. The highest BCUT2D eigenvalue weighted by Gasteiger charge is 2.55. The van der Waals surface area contributed by atoms with Crippen LogP contribution in [0.2, 0.25) is 0 Å². The average molecular weight is 494 g/mol. The first-order valence-corrected chi connectivity index (χ1v) is 12.3. The summed E-state index contributed by atoms with van der Waals surface area (Å²) in [5, 5.41) is 13.4. The third-order valence-corrected chi connectivity index (χ3v) is 6.60. The first-order chi connectivity index (χ1) is 16.7. The second kappa shape index (κ2) is 12.8. The summed E-state index contributed by atoms with van der Waals surface area (Å²) in [6.45, 7) is 6.60. The van der Waals surface area contributed by atoms with Crippen molar-refractivity contribution in [1.29, 1.82) is 0 Å². The number of hydrogen-bond acceptors (Lipinski definition) is 8. The smallest absolute Gasteiger partial charge is 0.303 e. The fourth-order valence-corrected chi connectivity index (χ4v) is 4.48. The van der Waals surface area contributed by atoms with E-state index in [1.165, 1.54) is 13.0 Å². The van der Waals surface area contributed by atoms with Gasteiger partial charge in [-0.1, -0.05) is 23.8 Å². The Balaban J connectivity index is 1.47. The van der Waals surface area contributed by atoms with Gasteiger partial charge in [-0.05, 0) is 39.2 Å². The van der Waals surface area contributed by atoms with Gasteiger partial charge in [0.05, 0.1) is 32.0 Å². The lowest BCUT2D eigenvalue weighted by Crippen LogP contribution is -2.50. The predicted molar refractivity (Wildman–Crippen MR) is 129 cm³/mol. The molecule has 7 atom stereocenters. The molecule has 0 aromatic heterocycles. The number of nitrogens with one attached hydrogen (secondary N) is 1. The van der Waals surface area contributed by atoms with Gasteiger partial charge in [0.25, 0.3) is 0 Å². The quantitative estimate of drug-likeness (QED) is 0.205. The molecule has 3 aliphatic rings. The van der Waals surface area contributed by atoms with E-state index in [0.29, 0.717) is 19.8 Å². The number of rotatable bonds is 10. The molecule has 3 fully saturated rings. The monoisotopic (exact) mass is 493 g/mol. The number of carbonyl (C=O) groups excluding carboxylic acids is 2. The van der Waals surface area contributed by atoms with E-state index in [1.807, 2.05) is 19.1 Å². The van der Waals surface area contributed by atoms with Gasteiger partial charge in [0.15, 0.2) is 0 Å². The molecule has 2 N–H and O–H groups in total. The van der Waals surface area contributed by atoms with Crippen molar-refractivity contribution in [3.63, 3.8) is 0 Å². The summed E-state index contributed by atoms with van der Waals surface area (Å²) in [7, 11) is 1.61.